The molecule has 0 aromatic carbocycles. The molecule has 2 rings (SSSR count). The van der Waals surface area contributed by atoms with Crippen LogP contribution < -0.4 is 0 Å². The Morgan fingerprint density at radius 3 is 2.63 bits per heavy atom. The molecule has 2 fully saturated rings. The van der Waals surface area contributed by atoms with Gasteiger partial charge in [-0.15, -0.1) is 0 Å². The normalized spacial score (nSPS) is 26.2. The van der Waals surface area contributed by atoms with Crippen LogP contribution in [-0.4, -0.2) is 42.8 Å². The van der Waals surface area contributed by atoms with Crippen molar-refractivity contribution in [2.24, 2.45) is 5.92 Å². The molecule has 1 aliphatic carbocycles. The van der Waals surface area contributed by atoms with E-state index in [2.05, 4.69) is 11.7 Å². The average Bonchev–Trinajstić information content (AvgIpc) is 2.42. The predicted molar refractivity (Wildman–Crippen MR) is 69.3 cm³/mol. The van der Waals surface area contributed by atoms with E-state index in [1.807, 2.05) is 0 Å². The summed E-state index contributed by atoms with van der Waals surface area (Å²) in [5, 5.41) is 0. The van der Waals surface area contributed by atoms with Crippen LogP contribution in [-0.2, 0) is 19.1 Å². The van der Waals surface area contributed by atoms with Gasteiger partial charge < -0.3 is 14.4 Å². The van der Waals surface area contributed by atoms with Crippen LogP contribution in [0.5, 0.6) is 0 Å². The van der Waals surface area contributed by atoms with E-state index in [0.717, 1.165) is 25.7 Å². The van der Waals surface area contributed by atoms with Crippen LogP contribution >= 0.6 is 0 Å². The zero-order valence-corrected chi connectivity index (χ0v) is 11.8. The third-order valence-electron chi connectivity index (χ3n) is 4.08. The van der Waals surface area contributed by atoms with Gasteiger partial charge in [0.05, 0.1) is 13.7 Å². The first-order valence-corrected chi connectivity index (χ1v) is 7.08. The van der Waals surface area contributed by atoms with Crippen molar-refractivity contribution in [1.82, 2.24) is 4.90 Å². The summed E-state index contributed by atoms with van der Waals surface area (Å²) in [5.74, 6) is -0.330. The number of esters is 1. The first kappa shape index (κ1) is 14.3. The summed E-state index contributed by atoms with van der Waals surface area (Å²) in [6.45, 7) is 3.44. The van der Waals surface area contributed by atoms with Crippen LogP contribution in [0.15, 0.2) is 0 Å². The Balaban J connectivity index is 2.11. The van der Waals surface area contributed by atoms with Crippen molar-refractivity contribution in [3.63, 3.8) is 0 Å². The number of carbonyl (C=O) groups is 2. The van der Waals surface area contributed by atoms with E-state index in [-0.39, 0.29) is 12.3 Å². The fraction of sp³-hybridized carbons (Fsp3) is 0.857. The number of rotatable bonds is 2. The van der Waals surface area contributed by atoms with Crippen LogP contribution in [0, 0.1) is 5.92 Å². The maximum Gasteiger partial charge on any atom is 0.315 e. The molecule has 1 amide bonds. The van der Waals surface area contributed by atoms with Crippen molar-refractivity contribution >= 4 is 11.9 Å². The van der Waals surface area contributed by atoms with E-state index in [4.69, 9.17) is 4.74 Å². The lowest BCUT2D eigenvalue weighted by atomic mass is 9.87. The number of hydrogen-bond acceptors (Lipinski definition) is 4. The second-order valence-electron chi connectivity index (χ2n) is 5.68. The van der Waals surface area contributed by atoms with E-state index < -0.39 is 11.7 Å². The minimum atomic E-state index is -0.478. The molecule has 1 saturated carbocycles. The standard InChI is InChI=1S/C14H23NO4/c1-11-9-15(12(16)8-13(17)18-2)14(19-10-11)6-4-3-5-7-14/h11H,3-10H2,1-2H3. The Hall–Kier alpha value is -1.10. The van der Waals surface area contributed by atoms with E-state index in [1.165, 1.54) is 13.5 Å². The van der Waals surface area contributed by atoms with Gasteiger partial charge in [0.2, 0.25) is 5.91 Å². The largest absolute Gasteiger partial charge is 0.469 e. The number of carbonyl (C=O) groups excluding carboxylic acids is 2. The fourth-order valence-corrected chi connectivity index (χ4v) is 3.04. The monoisotopic (exact) mass is 269 g/mol. The number of nitrogens with zero attached hydrogens (tertiary/aromatic N) is 1. The molecule has 108 valence electrons. The molecular weight excluding hydrogens is 246 g/mol. The van der Waals surface area contributed by atoms with Crippen LogP contribution in [0.4, 0.5) is 0 Å². The van der Waals surface area contributed by atoms with Crippen molar-refractivity contribution < 1.29 is 19.1 Å². The molecular formula is C14H23NO4. The molecule has 5 nitrogen and oxygen atoms in total. The summed E-state index contributed by atoms with van der Waals surface area (Å²) in [5.41, 5.74) is -0.462. The van der Waals surface area contributed by atoms with Crippen LogP contribution in [0.1, 0.15) is 45.4 Å². The van der Waals surface area contributed by atoms with Crippen LogP contribution in [0.3, 0.4) is 0 Å². The third-order valence-corrected chi connectivity index (χ3v) is 4.08. The highest BCUT2D eigenvalue weighted by molar-refractivity contribution is 5.94. The molecule has 0 N–H and O–H groups in total. The molecule has 1 spiro atoms. The van der Waals surface area contributed by atoms with E-state index in [9.17, 15) is 9.59 Å². The summed E-state index contributed by atoms with van der Waals surface area (Å²) >= 11 is 0. The second kappa shape index (κ2) is 5.90. The van der Waals surface area contributed by atoms with Crippen molar-refractivity contribution in [3.05, 3.63) is 0 Å². The molecule has 0 aromatic heterocycles. The topological polar surface area (TPSA) is 55.8 Å². The zero-order chi connectivity index (χ0) is 13.9. The van der Waals surface area contributed by atoms with Gasteiger partial charge in [-0.1, -0.05) is 13.3 Å². The Labute approximate surface area is 114 Å². The molecule has 2 aliphatic rings. The lowest BCUT2D eigenvalue weighted by Gasteiger charge is -2.50. The Morgan fingerprint density at radius 2 is 2.00 bits per heavy atom. The molecule has 1 atom stereocenters. The molecule has 1 unspecified atom stereocenters. The van der Waals surface area contributed by atoms with Gasteiger partial charge >= 0.3 is 5.97 Å². The highest BCUT2D eigenvalue weighted by atomic mass is 16.5. The molecule has 5 heteroatoms. The number of ether oxygens (including phenoxy) is 2. The maximum atomic E-state index is 12.3. The van der Waals surface area contributed by atoms with Gasteiger partial charge in [0.25, 0.3) is 0 Å². The Morgan fingerprint density at radius 1 is 1.32 bits per heavy atom. The lowest BCUT2D eigenvalue weighted by molar-refractivity contribution is -0.217. The zero-order valence-electron chi connectivity index (χ0n) is 11.8. The second-order valence-corrected chi connectivity index (χ2v) is 5.68. The smallest absolute Gasteiger partial charge is 0.315 e. The van der Waals surface area contributed by atoms with Crippen molar-refractivity contribution in [2.75, 3.05) is 20.3 Å². The van der Waals surface area contributed by atoms with Gasteiger partial charge in [0.1, 0.15) is 12.1 Å². The highest BCUT2D eigenvalue weighted by Gasteiger charge is 2.45. The quantitative estimate of drug-likeness (QED) is 0.565. The van der Waals surface area contributed by atoms with Gasteiger partial charge in [0.15, 0.2) is 0 Å². The van der Waals surface area contributed by atoms with Crippen LogP contribution in [0.25, 0.3) is 0 Å². The Bertz CT molecular complexity index is 349. The van der Waals surface area contributed by atoms with Gasteiger partial charge in [-0.3, -0.25) is 9.59 Å². The van der Waals surface area contributed by atoms with Crippen molar-refractivity contribution in [2.45, 2.75) is 51.2 Å². The molecule has 0 aromatic rings. The minimum Gasteiger partial charge on any atom is -0.469 e. The van der Waals surface area contributed by atoms with E-state index in [1.54, 1.807) is 4.90 Å². The highest BCUT2D eigenvalue weighted by Crippen LogP contribution is 2.38. The molecule has 0 radical (unpaired) electrons. The van der Waals surface area contributed by atoms with E-state index >= 15 is 0 Å². The molecule has 1 saturated heterocycles. The van der Waals surface area contributed by atoms with Gasteiger partial charge in [-0.05, 0) is 31.6 Å². The van der Waals surface area contributed by atoms with Crippen molar-refractivity contribution in [3.8, 4) is 0 Å². The Kier molecular flexibility index (Phi) is 4.45. The van der Waals surface area contributed by atoms with Gasteiger partial charge in [-0.2, -0.15) is 0 Å². The fourth-order valence-electron chi connectivity index (χ4n) is 3.04. The average molecular weight is 269 g/mol. The van der Waals surface area contributed by atoms with Crippen molar-refractivity contribution in [1.29, 1.82) is 0 Å². The summed E-state index contributed by atoms with van der Waals surface area (Å²) < 4.78 is 10.6. The first-order valence-electron chi connectivity index (χ1n) is 7.08. The van der Waals surface area contributed by atoms with Crippen LogP contribution in [0.2, 0.25) is 0 Å². The third kappa shape index (κ3) is 3.08. The summed E-state index contributed by atoms with van der Waals surface area (Å²) in [6, 6.07) is 0. The molecule has 19 heavy (non-hydrogen) atoms. The molecule has 1 aliphatic heterocycles. The lowest BCUT2D eigenvalue weighted by Crippen LogP contribution is -2.60. The number of amides is 1. The number of methoxy groups -OCH3 is 1. The minimum absolute atomic E-state index is 0.166. The van der Waals surface area contributed by atoms with E-state index in [0.29, 0.717) is 19.1 Å². The predicted octanol–water partition coefficient (Wildman–Crippen LogP) is 1.70. The summed E-state index contributed by atoms with van der Waals surface area (Å²) in [7, 11) is 1.31. The summed E-state index contributed by atoms with van der Waals surface area (Å²) in [4.78, 5) is 25.4. The van der Waals surface area contributed by atoms with Gasteiger partial charge in [-0.25, -0.2) is 0 Å². The molecule has 0 bridgehead atoms. The summed E-state index contributed by atoms with van der Waals surface area (Å²) in [6.07, 6.45) is 4.93. The first-order chi connectivity index (χ1) is 9.07. The SMILES string of the molecule is COC(=O)CC(=O)N1CC(C)COC12CCCCC2. The maximum absolute atomic E-state index is 12.3. The van der Waals surface area contributed by atoms with Gasteiger partial charge in [0, 0.05) is 6.54 Å². The molecule has 1 heterocycles. The number of hydrogen-bond donors (Lipinski definition) is 0.